The highest BCUT2D eigenvalue weighted by Gasteiger charge is 2.14. The van der Waals surface area contributed by atoms with Crippen LogP contribution in [0.5, 0.6) is 0 Å². The topological polar surface area (TPSA) is 95.9 Å². The van der Waals surface area contributed by atoms with Crippen LogP contribution < -0.4 is 5.32 Å². The number of carbonyl (C=O) groups excluding carboxylic acids is 1. The molecule has 0 aromatic heterocycles. The molecule has 0 bridgehead atoms. The number of rotatable bonds is 9. The monoisotopic (exact) mass is 267 g/mol. The molecule has 0 heterocycles. The summed E-state index contributed by atoms with van der Waals surface area (Å²) in [4.78, 5) is 28.3. The zero-order valence-electron chi connectivity index (χ0n) is 10.4. The van der Waals surface area contributed by atoms with Gasteiger partial charge in [-0.3, -0.25) is 9.36 Å². The summed E-state index contributed by atoms with van der Waals surface area (Å²) in [5.41, 5.74) is 0. The van der Waals surface area contributed by atoms with Crippen LogP contribution in [0.25, 0.3) is 0 Å². The number of hydrogen-bond donors (Lipinski definition) is 3. The van der Waals surface area contributed by atoms with Crippen LogP contribution in [0.15, 0.2) is 0 Å². The molecule has 0 saturated carbocycles. The van der Waals surface area contributed by atoms with Gasteiger partial charge < -0.3 is 19.8 Å². The average Bonchev–Trinajstić information content (AvgIpc) is 2.19. The number of ether oxygens (including phenoxy) is 1. The Hall–Kier alpha value is -0.420. The van der Waals surface area contributed by atoms with Crippen LogP contribution in [0.3, 0.4) is 0 Å². The normalized spacial score (nSPS) is 11.8. The molecule has 17 heavy (non-hydrogen) atoms. The molecule has 1 amide bonds. The summed E-state index contributed by atoms with van der Waals surface area (Å²) in [6.07, 6.45) is 0.412. The van der Waals surface area contributed by atoms with Gasteiger partial charge in [-0.1, -0.05) is 13.8 Å². The number of nitrogens with one attached hydrogen (secondary N) is 1. The molecule has 0 rings (SSSR count). The summed E-state index contributed by atoms with van der Waals surface area (Å²) in [6.45, 7) is 5.67. The molecule has 0 atom stereocenters. The summed E-state index contributed by atoms with van der Waals surface area (Å²) in [6, 6.07) is 0. The minimum atomic E-state index is -4.07. The quantitative estimate of drug-likeness (QED) is 0.423. The lowest BCUT2D eigenvalue weighted by atomic mass is 10.1. The van der Waals surface area contributed by atoms with Crippen molar-refractivity contribution >= 4 is 13.5 Å². The highest BCUT2D eigenvalue weighted by Crippen LogP contribution is 2.34. The second-order valence-electron chi connectivity index (χ2n) is 4.28. The summed E-state index contributed by atoms with van der Waals surface area (Å²) in [5.74, 6) is 0.230. The average molecular weight is 267 g/mol. The predicted molar refractivity (Wildman–Crippen MR) is 64.8 cm³/mol. The Bertz CT molecular complexity index is 263. The molecular weight excluding hydrogens is 245 g/mol. The Kier molecular flexibility index (Phi) is 8.43. The van der Waals surface area contributed by atoms with E-state index in [1.54, 1.807) is 0 Å². The summed E-state index contributed by atoms with van der Waals surface area (Å²) < 4.78 is 15.8. The highest BCUT2D eigenvalue weighted by atomic mass is 31.2. The third kappa shape index (κ3) is 13.5. The fourth-order valence-corrected chi connectivity index (χ4v) is 1.51. The maximum absolute atomic E-state index is 11.1. The van der Waals surface area contributed by atoms with Gasteiger partial charge in [-0.15, -0.1) is 0 Å². The van der Waals surface area contributed by atoms with Gasteiger partial charge in [0.15, 0.2) is 0 Å². The summed E-state index contributed by atoms with van der Waals surface area (Å²) in [7, 11) is -4.07. The molecule has 0 fully saturated rings. The molecule has 3 N–H and O–H groups in total. The molecule has 6 nitrogen and oxygen atoms in total. The van der Waals surface area contributed by atoms with Crippen LogP contribution in [0.1, 0.15) is 26.7 Å². The van der Waals surface area contributed by atoms with Gasteiger partial charge in [-0.2, -0.15) is 0 Å². The number of amides is 1. The van der Waals surface area contributed by atoms with Crippen molar-refractivity contribution in [2.75, 3.05) is 25.9 Å². The van der Waals surface area contributed by atoms with Gasteiger partial charge in [0.05, 0.1) is 12.8 Å². The molecule has 0 saturated heterocycles. The molecule has 0 aliphatic heterocycles. The molecule has 0 aliphatic rings. The maximum atomic E-state index is 11.1. The second-order valence-corrected chi connectivity index (χ2v) is 6.06. The molecule has 0 radical (unpaired) electrons. The Morgan fingerprint density at radius 1 is 1.35 bits per heavy atom. The third-order valence-corrected chi connectivity index (χ3v) is 2.84. The predicted octanol–water partition coefficient (Wildman–Crippen LogP) is 0.733. The zero-order chi connectivity index (χ0) is 13.3. The van der Waals surface area contributed by atoms with Crippen LogP contribution in [0, 0.1) is 5.92 Å². The Balaban J connectivity index is 3.37. The Labute approximate surface area is 102 Å². The summed E-state index contributed by atoms with van der Waals surface area (Å²) >= 11 is 0. The van der Waals surface area contributed by atoms with E-state index >= 15 is 0 Å². The van der Waals surface area contributed by atoms with Gasteiger partial charge in [0.2, 0.25) is 5.91 Å². The first-order chi connectivity index (χ1) is 7.81. The molecule has 0 aliphatic carbocycles. The lowest BCUT2D eigenvalue weighted by molar-refractivity contribution is -0.121. The third-order valence-electron chi connectivity index (χ3n) is 2.04. The first kappa shape index (κ1) is 16.6. The van der Waals surface area contributed by atoms with Crippen molar-refractivity contribution in [2.45, 2.75) is 26.7 Å². The Morgan fingerprint density at radius 2 is 2.00 bits per heavy atom. The largest absolute Gasteiger partial charge is 0.380 e. The van der Waals surface area contributed by atoms with E-state index in [1.807, 2.05) is 0 Å². The van der Waals surface area contributed by atoms with Gasteiger partial charge in [-0.25, -0.2) is 0 Å². The van der Waals surface area contributed by atoms with Gasteiger partial charge in [0.1, 0.15) is 0 Å². The standard InChI is InChI=1S/C10H22NO5P/c1-9(2)3-6-16-7-5-11-10(12)4-8-17(13,14)15/h9H,3-8H2,1-2H3,(H,11,12)(H2,13,14,15). The lowest BCUT2D eigenvalue weighted by Gasteiger charge is -2.08. The van der Waals surface area contributed by atoms with Crippen LogP contribution in [-0.4, -0.2) is 41.6 Å². The molecule has 102 valence electrons. The first-order valence-corrected chi connectivity index (χ1v) is 7.50. The van der Waals surface area contributed by atoms with E-state index in [2.05, 4.69) is 19.2 Å². The van der Waals surface area contributed by atoms with E-state index in [4.69, 9.17) is 14.5 Å². The number of hydrogen-bond acceptors (Lipinski definition) is 3. The van der Waals surface area contributed by atoms with E-state index in [0.717, 1.165) is 6.42 Å². The fourth-order valence-electron chi connectivity index (χ4n) is 1.02. The first-order valence-electron chi connectivity index (χ1n) is 5.70. The van der Waals surface area contributed by atoms with Crippen LogP contribution in [0.4, 0.5) is 0 Å². The summed E-state index contributed by atoms with van der Waals surface area (Å²) in [5, 5.41) is 2.54. The fraction of sp³-hybridized carbons (Fsp3) is 0.900. The highest BCUT2D eigenvalue weighted by molar-refractivity contribution is 7.51. The van der Waals surface area contributed by atoms with E-state index in [-0.39, 0.29) is 12.3 Å². The zero-order valence-corrected chi connectivity index (χ0v) is 11.3. The van der Waals surface area contributed by atoms with E-state index in [9.17, 15) is 9.36 Å². The molecule has 0 unspecified atom stereocenters. The van der Waals surface area contributed by atoms with Crippen molar-refractivity contribution < 1.29 is 23.9 Å². The van der Waals surface area contributed by atoms with Crippen molar-refractivity contribution in [3.8, 4) is 0 Å². The molecule has 0 spiro atoms. The van der Waals surface area contributed by atoms with Crippen LogP contribution >= 0.6 is 7.60 Å². The minimum absolute atomic E-state index is 0.156. The van der Waals surface area contributed by atoms with Crippen molar-refractivity contribution in [3.63, 3.8) is 0 Å². The Morgan fingerprint density at radius 3 is 2.53 bits per heavy atom. The van der Waals surface area contributed by atoms with Crippen LogP contribution in [-0.2, 0) is 14.1 Å². The molecular formula is C10H22NO5P. The minimum Gasteiger partial charge on any atom is -0.380 e. The van der Waals surface area contributed by atoms with Crippen molar-refractivity contribution in [3.05, 3.63) is 0 Å². The van der Waals surface area contributed by atoms with Crippen molar-refractivity contribution in [2.24, 2.45) is 5.92 Å². The van der Waals surface area contributed by atoms with Crippen LogP contribution in [0.2, 0.25) is 0 Å². The van der Waals surface area contributed by atoms with E-state index in [0.29, 0.717) is 25.7 Å². The lowest BCUT2D eigenvalue weighted by Crippen LogP contribution is -2.27. The van der Waals surface area contributed by atoms with Crippen molar-refractivity contribution in [1.29, 1.82) is 0 Å². The van der Waals surface area contributed by atoms with E-state index < -0.39 is 13.8 Å². The molecule has 0 aromatic rings. The van der Waals surface area contributed by atoms with E-state index in [1.165, 1.54) is 0 Å². The molecule has 0 aromatic carbocycles. The maximum Gasteiger partial charge on any atom is 0.326 e. The smallest absolute Gasteiger partial charge is 0.326 e. The number of carbonyl (C=O) groups is 1. The van der Waals surface area contributed by atoms with Gasteiger partial charge in [0.25, 0.3) is 0 Å². The van der Waals surface area contributed by atoms with Gasteiger partial charge in [0, 0.05) is 19.6 Å². The second kappa shape index (κ2) is 8.64. The van der Waals surface area contributed by atoms with Gasteiger partial charge >= 0.3 is 7.60 Å². The molecule has 7 heteroatoms. The van der Waals surface area contributed by atoms with Gasteiger partial charge in [-0.05, 0) is 12.3 Å². The van der Waals surface area contributed by atoms with Crippen molar-refractivity contribution in [1.82, 2.24) is 5.32 Å². The SMILES string of the molecule is CC(C)CCOCCNC(=O)CCP(=O)(O)O.